The molecule has 0 amide bonds. The summed E-state index contributed by atoms with van der Waals surface area (Å²) in [5, 5.41) is 0.152. The van der Waals surface area contributed by atoms with Crippen LogP contribution < -0.4 is 5.56 Å². The Morgan fingerprint density at radius 2 is 1.69 bits per heavy atom. The van der Waals surface area contributed by atoms with Crippen molar-refractivity contribution in [3.05, 3.63) is 51.0 Å². The summed E-state index contributed by atoms with van der Waals surface area (Å²) in [4.78, 5) is 15.6. The van der Waals surface area contributed by atoms with Gasteiger partial charge >= 0.3 is 0 Å². The highest BCUT2D eigenvalue weighted by Gasteiger charge is 2.36. The summed E-state index contributed by atoms with van der Waals surface area (Å²) in [5.74, 6) is 3.15. The Bertz CT molecular complexity index is 1100. The molecule has 0 saturated heterocycles. The first-order chi connectivity index (χ1) is 14.7. The Balaban J connectivity index is 2.35. The van der Waals surface area contributed by atoms with Gasteiger partial charge in [0, 0.05) is 0 Å². The zero-order chi connectivity index (χ0) is 24.2. The molecule has 0 spiro atoms. The van der Waals surface area contributed by atoms with Gasteiger partial charge in [0.25, 0.3) is 5.56 Å². The van der Waals surface area contributed by atoms with E-state index in [9.17, 15) is 4.79 Å². The fourth-order valence-corrected chi connectivity index (χ4v) is 4.45. The Kier molecular flexibility index (Phi) is 8.65. The van der Waals surface area contributed by atoms with Gasteiger partial charge in [-0.05, 0) is 35.9 Å². The summed E-state index contributed by atoms with van der Waals surface area (Å²) in [5.41, 5.74) is 5.04. The average Bonchev–Trinajstić information content (AvgIpc) is 2.67. The van der Waals surface area contributed by atoms with Crippen molar-refractivity contribution < 1.29 is 9.16 Å². The van der Waals surface area contributed by atoms with E-state index >= 15 is 0 Å². The Morgan fingerprint density at radius 1 is 1.06 bits per heavy atom. The van der Waals surface area contributed by atoms with Crippen LogP contribution in [0.2, 0.25) is 37.8 Å². The fraction of sp³-hybridized carbons (Fsp3) is 0.500. The van der Waals surface area contributed by atoms with Gasteiger partial charge in [0.1, 0.15) is 20.4 Å². The highest BCUT2D eigenvalue weighted by Crippen LogP contribution is 2.36. The first-order valence-corrected chi connectivity index (χ1v) is 17.7. The molecule has 2 aromatic rings. The molecule has 0 atom stereocenters. The SMILES string of the molecule is CC(C)(C)[Si](C)(C)OCCOCn1c(-c2ccccc2)c(C#C[Si](C)(C)C)c(=O)[nH]c1=S. The quantitative estimate of drug-likeness (QED) is 0.232. The minimum Gasteiger partial charge on any atom is -0.414 e. The van der Waals surface area contributed by atoms with Gasteiger partial charge in [-0.1, -0.05) is 76.7 Å². The molecule has 0 radical (unpaired) electrons. The number of H-pyrrole nitrogens is 1. The van der Waals surface area contributed by atoms with Crippen LogP contribution in [0.5, 0.6) is 0 Å². The summed E-state index contributed by atoms with van der Waals surface area (Å²) >= 11 is 5.49. The normalized spacial score (nSPS) is 12.4. The lowest BCUT2D eigenvalue weighted by Crippen LogP contribution is -2.41. The molecule has 1 N–H and O–H groups in total. The minimum absolute atomic E-state index is 0.152. The summed E-state index contributed by atoms with van der Waals surface area (Å²) in [6.07, 6.45) is 0. The molecular weight excluding hydrogens is 453 g/mol. The molecule has 32 heavy (non-hydrogen) atoms. The highest BCUT2D eigenvalue weighted by atomic mass is 32.1. The van der Waals surface area contributed by atoms with E-state index in [0.717, 1.165) is 5.56 Å². The number of aromatic amines is 1. The Labute approximate surface area is 199 Å². The number of ether oxygens (including phenoxy) is 1. The number of hydrogen-bond donors (Lipinski definition) is 1. The average molecular weight is 489 g/mol. The number of nitrogens with zero attached hydrogens (tertiary/aromatic N) is 1. The van der Waals surface area contributed by atoms with Crippen LogP contribution in [0, 0.1) is 16.2 Å². The molecule has 0 aliphatic rings. The molecule has 0 aliphatic carbocycles. The monoisotopic (exact) mass is 488 g/mol. The van der Waals surface area contributed by atoms with Crippen LogP contribution in [0.25, 0.3) is 11.3 Å². The predicted molar refractivity (Wildman–Crippen MR) is 141 cm³/mol. The van der Waals surface area contributed by atoms with Crippen molar-refractivity contribution in [2.75, 3.05) is 13.2 Å². The molecule has 0 aliphatic heterocycles. The van der Waals surface area contributed by atoms with Crippen LogP contribution >= 0.6 is 12.2 Å². The zero-order valence-corrected chi connectivity index (χ0v) is 23.4. The van der Waals surface area contributed by atoms with Crippen molar-refractivity contribution in [3.8, 4) is 22.7 Å². The van der Waals surface area contributed by atoms with Crippen LogP contribution in [0.3, 0.4) is 0 Å². The molecule has 174 valence electrons. The van der Waals surface area contributed by atoms with Gasteiger partial charge in [0.15, 0.2) is 13.1 Å². The number of aromatic nitrogens is 2. The third kappa shape index (κ3) is 7.12. The molecule has 2 rings (SSSR count). The highest BCUT2D eigenvalue weighted by molar-refractivity contribution is 7.71. The second kappa shape index (κ2) is 10.4. The van der Waals surface area contributed by atoms with Crippen molar-refractivity contribution in [3.63, 3.8) is 0 Å². The van der Waals surface area contributed by atoms with Crippen LogP contribution in [0.15, 0.2) is 35.1 Å². The van der Waals surface area contributed by atoms with E-state index in [0.29, 0.717) is 29.2 Å². The topological polar surface area (TPSA) is 56.2 Å². The first-order valence-electron chi connectivity index (χ1n) is 10.9. The van der Waals surface area contributed by atoms with Crippen molar-refractivity contribution in [2.45, 2.75) is 65.3 Å². The Morgan fingerprint density at radius 3 is 2.25 bits per heavy atom. The molecule has 0 unspecified atom stereocenters. The fourth-order valence-electron chi connectivity index (χ4n) is 2.68. The van der Waals surface area contributed by atoms with Crippen LogP contribution in [0.1, 0.15) is 26.3 Å². The predicted octanol–water partition coefficient (Wildman–Crippen LogP) is 5.80. The van der Waals surface area contributed by atoms with Gasteiger partial charge in [-0.3, -0.25) is 14.3 Å². The van der Waals surface area contributed by atoms with E-state index in [1.807, 2.05) is 34.9 Å². The standard InChI is InChI=1S/C24H36N2O3SSi2/c1-24(2,3)32(7,8)29-16-15-28-18-26-21(19-12-10-9-11-13-19)20(14-17-31(4,5)6)22(27)25-23(26)30/h9-13H,15-16,18H2,1-8H3,(H,25,27,30). The smallest absolute Gasteiger partial charge is 0.268 e. The molecule has 0 fully saturated rings. The summed E-state index contributed by atoms with van der Waals surface area (Å²) in [6, 6.07) is 9.74. The second-order valence-electron chi connectivity index (χ2n) is 10.4. The lowest BCUT2D eigenvalue weighted by Gasteiger charge is -2.36. The maximum Gasteiger partial charge on any atom is 0.268 e. The van der Waals surface area contributed by atoms with E-state index in [-0.39, 0.29) is 17.3 Å². The summed E-state index contributed by atoms with van der Waals surface area (Å²) in [6.45, 7) is 18.7. The van der Waals surface area contributed by atoms with Crippen LogP contribution in [-0.4, -0.2) is 39.2 Å². The number of nitrogens with one attached hydrogen (secondary N) is 1. The van der Waals surface area contributed by atoms with Crippen molar-refractivity contribution >= 4 is 28.6 Å². The molecule has 8 heteroatoms. The van der Waals surface area contributed by atoms with Gasteiger partial charge in [-0.15, -0.1) is 5.54 Å². The number of rotatable bonds is 7. The van der Waals surface area contributed by atoms with E-state index in [1.165, 1.54) is 0 Å². The van der Waals surface area contributed by atoms with Gasteiger partial charge in [-0.25, -0.2) is 0 Å². The van der Waals surface area contributed by atoms with Gasteiger partial charge in [0.2, 0.25) is 0 Å². The molecule has 0 bridgehead atoms. The molecule has 0 saturated carbocycles. The molecule has 1 heterocycles. The molecular formula is C24H36N2O3SSi2. The van der Waals surface area contributed by atoms with E-state index < -0.39 is 16.4 Å². The van der Waals surface area contributed by atoms with Crippen molar-refractivity contribution in [2.24, 2.45) is 0 Å². The largest absolute Gasteiger partial charge is 0.414 e. The van der Waals surface area contributed by atoms with Gasteiger partial charge < -0.3 is 9.16 Å². The van der Waals surface area contributed by atoms with E-state index in [1.54, 1.807) is 0 Å². The molecule has 5 nitrogen and oxygen atoms in total. The van der Waals surface area contributed by atoms with Gasteiger partial charge in [-0.2, -0.15) is 0 Å². The number of hydrogen-bond acceptors (Lipinski definition) is 4. The first kappa shape index (κ1) is 26.5. The maximum atomic E-state index is 12.8. The maximum absolute atomic E-state index is 12.8. The Hall–Kier alpha value is -1.77. The summed E-state index contributed by atoms with van der Waals surface area (Å²) in [7, 11) is -3.50. The zero-order valence-electron chi connectivity index (χ0n) is 20.6. The lowest BCUT2D eigenvalue weighted by molar-refractivity contribution is 0.0500. The van der Waals surface area contributed by atoms with E-state index in [2.05, 4.69) is 70.0 Å². The molecule has 1 aromatic carbocycles. The third-order valence-electron chi connectivity index (χ3n) is 5.53. The second-order valence-corrected chi connectivity index (χ2v) is 20.4. The van der Waals surface area contributed by atoms with Gasteiger partial charge in [0.05, 0.1) is 18.9 Å². The van der Waals surface area contributed by atoms with Crippen LogP contribution in [0.4, 0.5) is 0 Å². The van der Waals surface area contributed by atoms with E-state index in [4.69, 9.17) is 21.4 Å². The lowest BCUT2D eigenvalue weighted by atomic mass is 10.1. The summed E-state index contributed by atoms with van der Waals surface area (Å²) < 4.78 is 14.3. The third-order valence-corrected chi connectivity index (χ3v) is 11.3. The van der Waals surface area contributed by atoms with Crippen molar-refractivity contribution in [1.29, 1.82) is 0 Å². The van der Waals surface area contributed by atoms with Crippen molar-refractivity contribution in [1.82, 2.24) is 9.55 Å². The minimum atomic E-state index is -1.82. The van der Waals surface area contributed by atoms with Crippen LogP contribution in [-0.2, 0) is 15.9 Å². The molecule has 1 aromatic heterocycles. The number of benzene rings is 1.